The van der Waals surface area contributed by atoms with Crippen LogP contribution in [-0.2, 0) is 5.41 Å². The molecule has 2 aromatic carbocycles. The molecule has 4 unspecified atom stereocenters. The monoisotopic (exact) mass is 514 g/mol. The van der Waals surface area contributed by atoms with E-state index in [1.807, 2.05) is 19.9 Å². The molecule has 0 saturated carbocycles. The Balaban J connectivity index is 1.83. The number of fused-ring (bicyclic) bond motifs is 1. The average molecular weight is 515 g/mol. The Morgan fingerprint density at radius 2 is 1.81 bits per heavy atom. The summed E-state index contributed by atoms with van der Waals surface area (Å²) in [5, 5.41) is 33.3. The maximum absolute atomic E-state index is 11.9. The number of nitro groups is 1. The van der Waals surface area contributed by atoms with Gasteiger partial charge in [0.05, 0.1) is 39.2 Å². The highest BCUT2D eigenvalue weighted by molar-refractivity contribution is 5.59. The highest BCUT2D eigenvalue weighted by atomic mass is 16.6. The van der Waals surface area contributed by atoms with E-state index in [0.717, 1.165) is 0 Å². The van der Waals surface area contributed by atoms with Gasteiger partial charge in [-0.1, -0.05) is 26.0 Å². The number of ether oxygens (including phenoxy) is 5. The summed E-state index contributed by atoms with van der Waals surface area (Å²) < 4.78 is 28.1. The number of aliphatic hydroxyl groups excluding tert-OH is 1. The number of nitrogens with zero attached hydrogens (tertiary/aromatic N) is 2. The summed E-state index contributed by atoms with van der Waals surface area (Å²) in [4.78, 5) is 11.5. The first kappa shape index (κ1) is 27.9. The molecule has 0 amide bonds. The Bertz CT molecular complexity index is 1130. The molecule has 2 aromatic rings. The fourth-order valence-electron chi connectivity index (χ4n) is 4.83. The van der Waals surface area contributed by atoms with Gasteiger partial charge in [-0.3, -0.25) is 10.1 Å². The average Bonchev–Trinajstić information content (AvgIpc) is 2.90. The Morgan fingerprint density at radius 1 is 1.14 bits per heavy atom. The van der Waals surface area contributed by atoms with E-state index in [0.29, 0.717) is 34.3 Å². The molecular formula is C27H34N2O8. The lowest BCUT2D eigenvalue weighted by Crippen LogP contribution is -2.42. The zero-order valence-electron chi connectivity index (χ0n) is 21.8. The van der Waals surface area contributed by atoms with E-state index in [1.165, 1.54) is 21.3 Å². The standard InChI is InChI=1S/C27H34N2O8/c1-17(2)27(16-28,19-10-11-24(33-3)26(35-5)25(19)34-4)13-12-21(30)20(29(31)32)14-18-15-36-22-8-6-7-9-23(22)37-18/h6-11,17-18,20-21,30H,12-15H2,1-5H3. The van der Waals surface area contributed by atoms with Crippen LogP contribution < -0.4 is 23.7 Å². The first-order valence-electron chi connectivity index (χ1n) is 12.1. The van der Waals surface area contributed by atoms with Crippen LogP contribution in [-0.4, -0.2) is 56.2 Å². The van der Waals surface area contributed by atoms with Crippen LogP contribution in [0.15, 0.2) is 36.4 Å². The quantitative estimate of drug-likeness (QED) is 0.327. The minimum Gasteiger partial charge on any atom is -0.493 e. The maximum atomic E-state index is 11.9. The van der Waals surface area contributed by atoms with Gasteiger partial charge in [0.25, 0.3) is 0 Å². The lowest BCUT2D eigenvalue weighted by Gasteiger charge is -2.34. The van der Waals surface area contributed by atoms with Gasteiger partial charge in [-0.15, -0.1) is 0 Å². The van der Waals surface area contributed by atoms with Gasteiger partial charge in [0.15, 0.2) is 23.0 Å². The van der Waals surface area contributed by atoms with Gasteiger partial charge >= 0.3 is 0 Å². The largest absolute Gasteiger partial charge is 0.493 e. The fraction of sp³-hybridized carbons (Fsp3) is 0.519. The molecule has 1 N–H and O–H groups in total. The second kappa shape index (κ2) is 12.0. The second-order valence-electron chi connectivity index (χ2n) is 9.31. The van der Waals surface area contributed by atoms with E-state index < -0.39 is 28.6 Å². The number of nitriles is 1. The fourth-order valence-corrected chi connectivity index (χ4v) is 4.83. The molecular weight excluding hydrogens is 480 g/mol. The first-order chi connectivity index (χ1) is 17.7. The number of methoxy groups -OCH3 is 3. The maximum Gasteiger partial charge on any atom is 0.242 e. The van der Waals surface area contributed by atoms with E-state index in [4.69, 9.17) is 23.7 Å². The first-order valence-corrected chi connectivity index (χ1v) is 12.1. The van der Waals surface area contributed by atoms with Gasteiger partial charge in [0, 0.05) is 10.5 Å². The minimum atomic E-state index is -1.31. The van der Waals surface area contributed by atoms with E-state index in [-0.39, 0.29) is 31.8 Å². The summed E-state index contributed by atoms with van der Waals surface area (Å²) in [6.45, 7) is 3.92. The van der Waals surface area contributed by atoms with Crippen molar-refractivity contribution in [2.75, 3.05) is 27.9 Å². The normalized spacial score (nSPS) is 17.7. The third-order valence-corrected chi connectivity index (χ3v) is 6.99. The zero-order valence-corrected chi connectivity index (χ0v) is 21.8. The van der Waals surface area contributed by atoms with Crippen LogP contribution in [0.3, 0.4) is 0 Å². The Hall–Kier alpha value is -3.71. The van der Waals surface area contributed by atoms with Crippen LogP contribution >= 0.6 is 0 Å². The lowest BCUT2D eigenvalue weighted by molar-refractivity contribution is -0.537. The lowest BCUT2D eigenvalue weighted by atomic mass is 9.68. The number of para-hydroxylation sites is 2. The molecule has 10 heteroatoms. The van der Waals surface area contributed by atoms with Crippen molar-refractivity contribution >= 4 is 0 Å². The molecule has 0 fully saturated rings. The molecule has 37 heavy (non-hydrogen) atoms. The predicted molar refractivity (Wildman–Crippen MR) is 135 cm³/mol. The van der Waals surface area contributed by atoms with E-state index in [9.17, 15) is 20.5 Å². The van der Waals surface area contributed by atoms with E-state index in [2.05, 4.69) is 6.07 Å². The summed E-state index contributed by atoms with van der Waals surface area (Å²) in [7, 11) is 4.46. The Morgan fingerprint density at radius 3 is 2.38 bits per heavy atom. The molecule has 0 aromatic heterocycles. The number of hydrogen-bond acceptors (Lipinski definition) is 9. The third-order valence-electron chi connectivity index (χ3n) is 6.99. The van der Waals surface area contributed by atoms with Crippen molar-refractivity contribution in [2.45, 2.75) is 56.8 Å². The van der Waals surface area contributed by atoms with E-state index >= 15 is 0 Å². The SMILES string of the molecule is COc1ccc(C(C#N)(CCC(O)C(CC2COc3ccccc3O2)[N+](=O)[O-])C(C)C)c(OC)c1OC. The van der Waals surface area contributed by atoms with Crippen molar-refractivity contribution in [1.29, 1.82) is 5.26 Å². The van der Waals surface area contributed by atoms with Gasteiger partial charge in [0.2, 0.25) is 11.8 Å². The van der Waals surface area contributed by atoms with Crippen LogP contribution in [0.25, 0.3) is 0 Å². The van der Waals surface area contributed by atoms with Crippen molar-refractivity contribution in [1.82, 2.24) is 0 Å². The smallest absolute Gasteiger partial charge is 0.242 e. The van der Waals surface area contributed by atoms with Crippen molar-refractivity contribution in [3.63, 3.8) is 0 Å². The molecule has 1 aliphatic rings. The molecule has 10 nitrogen and oxygen atoms in total. The van der Waals surface area contributed by atoms with Crippen molar-refractivity contribution in [2.24, 2.45) is 5.92 Å². The Labute approximate surface area is 216 Å². The third kappa shape index (κ3) is 5.67. The van der Waals surface area contributed by atoms with Gasteiger partial charge < -0.3 is 28.8 Å². The summed E-state index contributed by atoms with van der Waals surface area (Å²) in [6.07, 6.45) is -1.77. The number of hydrogen-bond donors (Lipinski definition) is 1. The molecule has 0 saturated heterocycles. The minimum absolute atomic E-state index is 0.0129. The van der Waals surface area contributed by atoms with Gasteiger partial charge in [0.1, 0.15) is 18.8 Å². The summed E-state index contributed by atoms with van der Waals surface area (Å²) in [5.41, 5.74) is -0.549. The van der Waals surface area contributed by atoms with Crippen LogP contribution in [0, 0.1) is 27.4 Å². The van der Waals surface area contributed by atoms with E-state index in [1.54, 1.807) is 30.3 Å². The molecule has 0 bridgehead atoms. The molecule has 0 aliphatic carbocycles. The van der Waals surface area contributed by atoms with Gasteiger partial charge in [-0.25, -0.2) is 0 Å². The zero-order chi connectivity index (χ0) is 27.2. The summed E-state index contributed by atoms with van der Waals surface area (Å²) in [6, 6.07) is 11.7. The molecule has 0 spiro atoms. The van der Waals surface area contributed by atoms with Crippen molar-refractivity contribution in [3.8, 4) is 34.8 Å². The van der Waals surface area contributed by atoms with Gasteiger partial charge in [-0.2, -0.15) is 5.26 Å². The molecule has 4 atom stereocenters. The molecule has 200 valence electrons. The summed E-state index contributed by atoms with van der Waals surface area (Å²) in [5.74, 6) is 2.03. The van der Waals surface area contributed by atoms with Crippen LogP contribution in [0.4, 0.5) is 0 Å². The highest BCUT2D eigenvalue weighted by Gasteiger charge is 2.43. The van der Waals surface area contributed by atoms with Crippen molar-refractivity contribution < 1.29 is 33.7 Å². The van der Waals surface area contributed by atoms with Crippen molar-refractivity contribution in [3.05, 3.63) is 52.1 Å². The molecule has 1 aliphatic heterocycles. The predicted octanol–water partition coefficient (Wildman–Crippen LogP) is 4.15. The molecule has 3 rings (SSSR count). The Kier molecular flexibility index (Phi) is 9.05. The molecule has 0 radical (unpaired) electrons. The second-order valence-corrected chi connectivity index (χ2v) is 9.31. The number of aliphatic hydroxyl groups is 1. The van der Waals surface area contributed by atoms with Gasteiger partial charge in [-0.05, 0) is 43.0 Å². The van der Waals surface area contributed by atoms with Crippen LogP contribution in [0.5, 0.6) is 28.7 Å². The molecule has 1 heterocycles. The topological polar surface area (TPSA) is 133 Å². The summed E-state index contributed by atoms with van der Waals surface area (Å²) >= 11 is 0. The van der Waals surface area contributed by atoms with Crippen LogP contribution in [0.2, 0.25) is 0 Å². The highest BCUT2D eigenvalue weighted by Crippen LogP contribution is 2.48. The number of rotatable bonds is 12. The van der Waals surface area contributed by atoms with Crippen LogP contribution in [0.1, 0.15) is 38.7 Å². The number of benzene rings is 2.